The van der Waals surface area contributed by atoms with Crippen LogP contribution in [0.1, 0.15) is 30.9 Å². The number of carbonyl (C=O) groups excluding carboxylic acids is 1. The van der Waals surface area contributed by atoms with Crippen LogP contribution in [0.15, 0.2) is 12.1 Å². The lowest BCUT2D eigenvalue weighted by atomic mass is 9.72. The third-order valence-electron chi connectivity index (χ3n) is 5.36. The van der Waals surface area contributed by atoms with Gasteiger partial charge in [0.25, 0.3) is 10.1 Å². The monoisotopic (exact) mass is 383 g/mol. The van der Waals surface area contributed by atoms with Crippen molar-refractivity contribution in [3.05, 3.63) is 23.3 Å². The molecule has 26 heavy (non-hydrogen) atoms. The van der Waals surface area contributed by atoms with Crippen molar-refractivity contribution >= 4 is 16.0 Å². The van der Waals surface area contributed by atoms with Crippen molar-refractivity contribution in [3.8, 4) is 11.5 Å². The molecule has 2 aliphatic heterocycles. The molecule has 3 rings (SSSR count). The smallest absolute Gasteiger partial charge is 0.264 e. The molecule has 7 nitrogen and oxygen atoms in total. The van der Waals surface area contributed by atoms with Crippen LogP contribution in [0.4, 0.5) is 0 Å². The molecule has 2 atom stereocenters. The van der Waals surface area contributed by atoms with Gasteiger partial charge in [-0.25, -0.2) is 0 Å². The fraction of sp³-hybridized carbons (Fsp3) is 0.611. The van der Waals surface area contributed by atoms with E-state index in [0.29, 0.717) is 30.9 Å². The van der Waals surface area contributed by atoms with Gasteiger partial charge in [-0.05, 0) is 48.9 Å². The summed E-state index contributed by atoms with van der Waals surface area (Å²) in [6.45, 7) is 2.69. The molecule has 0 N–H and O–H groups in total. The number of ether oxygens (including phenoxy) is 2. The summed E-state index contributed by atoms with van der Waals surface area (Å²) in [4.78, 5) is 14.6. The minimum Gasteiger partial charge on any atom is -0.493 e. The second kappa shape index (κ2) is 6.74. The predicted octanol–water partition coefficient (Wildman–Crippen LogP) is 1.69. The summed E-state index contributed by atoms with van der Waals surface area (Å²) in [6, 6.07) is 3.91. The second-order valence-electron chi connectivity index (χ2n) is 7.20. The quantitative estimate of drug-likeness (QED) is 0.720. The molecule has 1 fully saturated rings. The van der Waals surface area contributed by atoms with Gasteiger partial charge in [-0.3, -0.25) is 8.98 Å². The molecule has 0 spiro atoms. The number of methoxy groups -OCH3 is 2. The minimum atomic E-state index is -3.53. The van der Waals surface area contributed by atoms with Gasteiger partial charge in [0.1, 0.15) is 0 Å². The Labute approximate surface area is 154 Å². The van der Waals surface area contributed by atoms with Gasteiger partial charge in [0.15, 0.2) is 11.5 Å². The molecule has 0 aliphatic carbocycles. The molecule has 2 heterocycles. The lowest BCUT2D eigenvalue weighted by Gasteiger charge is -2.51. The van der Waals surface area contributed by atoms with Gasteiger partial charge < -0.3 is 14.4 Å². The fourth-order valence-corrected chi connectivity index (χ4v) is 4.64. The zero-order valence-corrected chi connectivity index (χ0v) is 16.4. The molecule has 2 aliphatic rings. The van der Waals surface area contributed by atoms with Crippen LogP contribution in [0.3, 0.4) is 0 Å². The van der Waals surface area contributed by atoms with Gasteiger partial charge in [-0.15, -0.1) is 0 Å². The molecule has 144 valence electrons. The van der Waals surface area contributed by atoms with Crippen LogP contribution in [0.5, 0.6) is 11.5 Å². The van der Waals surface area contributed by atoms with Crippen molar-refractivity contribution in [2.75, 3.05) is 33.6 Å². The zero-order valence-electron chi connectivity index (χ0n) is 15.6. The van der Waals surface area contributed by atoms with E-state index in [9.17, 15) is 13.2 Å². The van der Waals surface area contributed by atoms with Crippen LogP contribution in [-0.4, -0.2) is 52.9 Å². The number of hydrogen-bond donors (Lipinski definition) is 0. The number of hydrogen-bond acceptors (Lipinski definition) is 6. The van der Waals surface area contributed by atoms with Crippen molar-refractivity contribution in [3.63, 3.8) is 0 Å². The van der Waals surface area contributed by atoms with E-state index in [-0.39, 0.29) is 18.4 Å². The van der Waals surface area contributed by atoms with E-state index in [1.165, 1.54) is 0 Å². The molecule has 1 amide bonds. The third kappa shape index (κ3) is 3.40. The van der Waals surface area contributed by atoms with E-state index < -0.39 is 15.7 Å². The average Bonchev–Trinajstić information content (AvgIpc) is 2.57. The topological polar surface area (TPSA) is 82.1 Å². The molecule has 0 unspecified atom stereocenters. The molecule has 0 saturated carbocycles. The van der Waals surface area contributed by atoms with Crippen LogP contribution in [0.2, 0.25) is 0 Å². The average molecular weight is 383 g/mol. The highest BCUT2D eigenvalue weighted by atomic mass is 32.2. The van der Waals surface area contributed by atoms with Crippen molar-refractivity contribution in [2.24, 2.45) is 5.92 Å². The van der Waals surface area contributed by atoms with E-state index in [0.717, 1.165) is 23.8 Å². The van der Waals surface area contributed by atoms with E-state index >= 15 is 0 Å². The number of rotatable bonds is 5. The van der Waals surface area contributed by atoms with Crippen molar-refractivity contribution in [2.45, 2.75) is 31.7 Å². The molecule has 1 aromatic rings. The normalized spacial score (nSPS) is 25.5. The van der Waals surface area contributed by atoms with Gasteiger partial charge >= 0.3 is 0 Å². The first-order valence-corrected chi connectivity index (χ1v) is 10.4. The van der Waals surface area contributed by atoms with Gasteiger partial charge in [0.05, 0.1) is 32.6 Å². The Kier molecular flexibility index (Phi) is 4.92. The summed E-state index contributed by atoms with van der Waals surface area (Å²) in [6.07, 6.45) is 2.71. The Morgan fingerprint density at radius 2 is 1.88 bits per heavy atom. The standard InChI is InChI=1S/C18H25NO6S/c1-18-10-12(11-25-26(4,21)22)7-17(20)19(18)6-5-13-8-15(23-2)16(24-3)9-14(13)18/h8-9,12H,5-7,10-11H2,1-4H3/t12-,18+/m0/s1. The Bertz CT molecular complexity index is 821. The summed E-state index contributed by atoms with van der Waals surface area (Å²) >= 11 is 0. The fourth-order valence-electron chi connectivity index (χ4n) is 4.20. The van der Waals surface area contributed by atoms with E-state index in [1.807, 2.05) is 24.0 Å². The van der Waals surface area contributed by atoms with Gasteiger partial charge in [-0.2, -0.15) is 8.42 Å². The van der Waals surface area contributed by atoms with Crippen LogP contribution in [-0.2, 0) is 31.1 Å². The van der Waals surface area contributed by atoms with E-state index in [2.05, 4.69) is 0 Å². The molecule has 0 radical (unpaired) electrons. The third-order valence-corrected chi connectivity index (χ3v) is 5.92. The highest BCUT2D eigenvalue weighted by molar-refractivity contribution is 7.85. The number of carbonyl (C=O) groups is 1. The molecular weight excluding hydrogens is 358 g/mol. The maximum atomic E-state index is 12.7. The van der Waals surface area contributed by atoms with Gasteiger partial charge in [0, 0.05) is 13.0 Å². The summed E-state index contributed by atoms with van der Waals surface area (Å²) in [5, 5.41) is 0. The highest BCUT2D eigenvalue weighted by Crippen LogP contribution is 2.47. The maximum absolute atomic E-state index is 12.7. The molecular formula is C18H25NO6S. The van der Waals surface area contributed by atoms with E-state index in [4.69, 9.17) is 13.7 Å². The Morgan fingerprint density at radius 1 is 1.23 bits per heavy atom. The van der Waals surface area contributed by atoms with E-state index in [1.54, 1.807) is 14.2 Å². The van der Waals surface area contributed by atoms with Crippen molar-refractivity contribution in [1.29, 1.82) is 0 Å². The van der Waals surface area contributed by atoms with Crippen LogP contribution < -0.4 is 9.47 Å². The number of nitrogens with zero attached hydrogens (tertiary/aromatic N) is 1. The maximum Gasteiger partial charge on any atom is 0.264 e. The number of fused-ring (bicyclic) bond motifs is 3. The lowest BCUT2D eigenvalue weighted by molar-refractivity contribution is -0.146. The van der Waals surface area contributed by atoms with Crippen LogP contribution in [0.25, 0.3) is 0 Å². The summed E-state index contributed by atoms with van der Waals surface area (Å²) in [5.41, 5.74) is 1.63. The van der Waals surface area contributed by atoms with Gasteiger partial charge in [0.2, 0.25) is 5.91 Å². The highest BCUT2D eigenvalue weighted by Gasteiger charge is 2.47. The molecule has 0 aromatic heterocycles. The second-order valence-corrected chi connectivity index (χ2v) is 8.84. The molecule has 1 aromatic carbocycles. The first-order valence-electron chi connectivity index (χ1n) is 8.58. The lowest BCUT2D eigenvalue weighted by Crippen LogP contribution is -2.56. The Morgan fingerprint density at radius 3 is 2.50 bits per heavy atom. The SMILES string of the molecule is COc1cc2c(cc1OC)[C@@]1(C)C[C@@H](COS(C)(=O)=O)CC(=O)N1CC2. The van der Waals surface area contributed by atoms with Crippen LogP contribution >= 0.6 is 0 Å². The Hall–Kier alpha value is -1.80. The first-order chi connectivity index (χ1) is 12.2. The number of benzene rings is 1. The predicted molar refractivity (Wildman–Crippen MR) is 95.8 cm³/mol. The van der Waals surface area contributed by atoms with Gasteiger partial charge in [-0.1, -0.05) is 0 Å². The summed E-state index contributed by atoms with van der Waals surface area (Å²) in [5.74, 6) is 1.16. The molecule has 1 saturated heterocycles. The zero-order chi connectivity index (χ0) is 19.1. The number of piperidine rings is 1. The molecule has 8 heteroatoms. The number of amides is 1. The largest absolute Gasteiger partial charge is 0.493 e. The first kappa shape index (κ1) is 19.0. The summed E-state index contributed by atoms with van der Waals surface area (Å²) in [7, 11) is -0.345. The van der Waals surface area contributed by atoms with Crippen LogP contribution in [0, 0.1) is 5.92 Å². The Balaban J connectivity index is 1.97. The van der Waals surface area contributed by atoms with Crippen molar-refractivity contribution < 1.29 is 26.9 Å². The minimum absolute atomic E-state index is 0.0244. The van der Waals surface area contributed by atoms with Crippen molar-refractivity contribution in [1.82, 2.24) is 4.90 Å². The summed E-state index contributed by atoms with van der Waals surface area (Å²) < 4.78 is 38.5. The molecule has 0 bridgehead atoms.